The molecule has 24 heavy (non-hydrogen) atoms. The van der Waals surface area contributed by atoms with E-state index in [-0.39, 0.29) is 12.1 Å². The molecular weight excluding hydrogens is 356 g/mol. The van der Waals surface area contributed by atoms with E-state index in [4.69, 9.17) is 23.2 Å². The van der Waals surface area contributed by atoms with Crippen LogP contribution >= 0.6 is 23.2 Å². The number of rotatable bonds is 5. The van der Waals surface area contributed by atoms with Gasteiger partial charge in [-0.05, 0) is 24.3 Å². The van der Waals surface area contributed by atoms with Crippen molar-refractivity contribution in [3.63, 3.8) is 0 Å². The fraction of sp³-hybridized carbons (Fsp3) is 0.0625. The zero-order chi connectivity index (χ0) is 17.5. The van der Waals surface area contributed by atoms with Crippen LogP contribution < -0.4 is 10.7 Å². The van der Waals surface area contributed by atoms with Gasteiger partial charge in [0.2, 0.25) is 0 Å². The standard InChI is InChI=1S/C16H12Cl2FN3O2/c17-12-5-3-6-13(18)11(12)8-21-22-15(23)9-20-16(24)10-4-1-2-7-14(10)19/h1-8H,9H2,(H,20,24)(H,22,23)/b21-8+. The molecule has 0 saturated heterocycles. The van der Waals surface area contributed by atoms with Gasteiger partial charge in [0, 0.05) is 5.56 Å². The average Bonchev–Trinajstić information content (AvgIpc) is 2.56. The molecule has 5 nitrogen and oxygen atoms in total. The first-order chi connectivity index (χ1) is 11.5. The van der Waals surface area contributed by atoms with E-state index in [9.17, 15) is 14.0 Å². The lowest BCUT2D eigenvalue weighted by atomic mass is 10.2. The first-order valence-electron chi connectivity index (χ1n) is 6.77. The van der Waals surface area contributed by atoms with E-state index in [0.717, 1.165) is 6.07 Å². The molecule has 2 N–H and O–H groups in total. The minimum atomic E-state index is -0.693. The van der Waals surface area contributed by atoms with Crippen LogP contribution in [0.5, 0.6) is 0 Å². The summed E-state index contributed by atoms with van der Waals surface area (Å²) in [4.78, 5) is 23.4. The molecule has 0 aliphatic heterocycles. The molecule has 0 radical (unpaired) electrons. The van der Waals surface area contributed by atoms with E-state index in [1.54, 1.807) is 18.2 Å². The number of benzene rings is 2. The quantitative estimate of drug-likeness (QED) is 0.629. The van der Waals surface area contributed by atoms with Gasteiger partial charge in [-0.2, -0.15) is 5.10 Å². The maximum Gasteiger partial charge on any atom is 0.259 e. The van der Waals surface area contributed by atoms with Crippen molar-refractivity contribution in [2.75, 3.05) is 6.54 Å². The number of nitrogens with zero attached hydrogens (tertiary/aromatic N) is 1. The lowest BCUT2D eigenvalue weighted by Crippen LogP contribution is -2.35. The Hall–Kier alpha value is -2.44. The summed E-state index contributed by atoms with van der Waals surface area (Å²) in [7, 11) is 0. The van der Waals surface area contributed by atoms with Gasteiger partial charge in [0.05, 0.1) is 28.4 Å². The molecular formula is C16H12Cl2FN3O2. The Morgan fingerprint density at radius 3 is 2.42 bits per heavy atom. The van der Waals surface area contributed by atoms with E-state index >= 15 is 0 Å². The molecule has 2 aromatic carbocycles. The Morgan fingerprint density at radius 2 is 1.75 bits per heavy atom. The Balaban J connectivity index is 1.87. The topological polar surface area (TPSA) is 70.6 Å². The van der Waals surface area contributed by atoms with Crippen LogP contribution in [0.4, 0.5) is 4.39 Å². The molecule has 0 atom stereocenters. The predicted octanol–water partition coefficient (Wildman–Crippen LogP) is 3.01. The van der Waals surface area contributed by atoms with E-state index in [0.29, 0.717) is 15.6 Å². The van der Waals surface area contributed by atoms with Crippen molar-refractivity contribution in [2.45, 2.75) is 0 Å². The van der Waals surface area contributed by atoms with E-state index in [1.807, 2.05) is 0 Å². The normalized spacial score (nSPS) is 10.6. The highest BCUT2D eigenvalue weighted by molar-refractivity contribution is 6.38. The van der Waals surface area contributed by atoms with Crippen molar-refractivity contribution in [3.05, 3.63) is 69.5 Å². The number of hydrogen-bond donors (Lipinski definition) is 2. The van der Waals surface area contributed by atoms with Crippen LogP contribution in [-0.2, 0) is 4.79 Å². The number of amides is 2. The fourth-order valence-corrected chi connectivity index (χ4v) is 2.24. The molecule has 0 aliphatic rings. The van der Waals surface area contributed by atoms with E-state index in [2.05, 4.69) is 15.8 Å². The van der Waals surface area contributed by atoms with Gasteiger partial charge in [-0.15, -0.1) is 0 Å². The van der Waals surface area contributed by atoms with E-state index in [1.165, 1.54) is 24.4 Å². The summed E-state index contributed by atoms with van der Waals surface area (Å²) >= 11 is 11.9. The van der Waals surface area contributed by atoms with Gasteiger partial charge in [0.15, 0.2) is 0 Å². The summed E-state index contributed by atoms with van der Waals surface area (Å²) in [6.45, 7) is -0.360. The van der Waals surface area contributed by atoms with Gasteiger partial charge in [-0.1, -0.05) is 41.4 Å². The van der Waals surface area contributed by atoms with Crippen molar-refractivity contribution < 1.29 is 14.0 Å². The van der Waals surface area contributed by atoms with E-state index < -0.39 is 17.6 Å². The molecule has 0 heterocycles. The molecule has 0 spiro atoms. The average molecular weight is 368 g/mol. The second kappa shape index (κ2) is 8.42. The number of halogens is 3. The van der Waals surface area contributed by atoms with Crippen LogP contribution in [0, 0.1) is 5.82 Å². The molecule has 0 aliphatic carbocycles. The van der Waals surface area contributed by atoms with Crippen molar-refractivity contribution >= 4 is 41.2 Å². The summed E-state index contributed by atoms with van der Waals surface area (Å²) in [5.74, 6) is -1.94. The van der Waals surface area contributed by atoms with Gasteiger partial charge in [-0.3, -0.25) is 9.59 Å². The lowest BCUT2D eigenvalue weighted by Gasteiger charge is -2.05. The van der Waals surface area contributed by atoms with Crippen molar-refractivity contribution in [1.29, 1.82) is 0 Å². The third-order valence-electron chi connectivity index (χ3n) is 2.91. The second-order valence-electron chi connectivity index (χ2n) is 4.59. The molecule has 2 rings (SSSR count). The van der Waals surface area contributed by atoms with Crippen molar-refractivity contribution in [3.8, 4) is 0 Å². The smallest absolute Gasteiger partial charge is 0.259 e. The summed E-state index contributed by atoms with van der Waals surface area (Å²) in [6.07, 6.45) is 1.29. The molecule has 8 heteroatoms. The van der Waals surface area contributed by atoms with Crippen LogP contribution in [0.1, 0.15) is 15.9 Å². The second-order valence-corrected chi connectivity index (χ2v) is 5.41. The number of carbonyl (C=O) groups excluding carboxylic acids is 2. The van der Waals surface area contributed by atoms with Crippen LogP contribution in [0.25, 0.3) is 0 Å². The van der Waals surface area contributed by atoms with Crippen molar-refractivity contribution in [2.24, 2.45) is 5.10 Å². The van der Waals surface area contributed by atoms with Crippen LogP contribution in [0.2, 0.25) is 10.0 Å². The number of nitrogens with one attached hydrogen (secondary N) is 2. The first-order valence-corrected chi connectivity index (χ1v) is 7.53. The lowest BCUT2D eigenvalue weighted by molar-refractivity contribution is -0.120. The molecule has 0 aromatic heterocycles. The molecule has 124 valence electrons. The molecule has 0 saturated carbocycles. The Kier molecular flexibility index (Phi) is 6.28. The zero-order valence-corrected chi connectivity index (χ0v) is 13.7. The van der Waals surface area contributed by atoms with Gasteiger partial charge in [0.25, 0.3) is 11.8 Å². The maximum atomic E-state index is 13.4. The maximum absolute atomic E-state index is 13.4. The first kappa shape index (κ1) is 17.9. The van der Waals surface area contributed by atoms with Gasteiger partial charge < -0.3 is 5.32 Å². The monoisotopic (exact) mass is 367 g/mol. The Morgan fingerprint density at radius 1 is 1.08 bits per heavy atom. The van der Waals surface area contributed by atoms with Crippen LogP contribution in [-0.4, -0.2) is 24.6 Å². The highest BCUT2D eigenvalue weighted by Gasteiger charge is 2.11. The van der Waals surface area contributed by atoms with Gasteiger partial charge >= 0.3 is 0 Å². The summed E-state index contributed by atoms with van der Waals surface area (Å²) < 4.78 is 13.4. The van der Waals surface area contributed by atoms with Crippen LogP contribution in [0.3, 0.4) is 0 Å². The summed E-state index contributed by atoms with van der Waals surface area (Å²) in [5.41, 5.74) is 2.52. The molecule has 0 fully saturated rings. The molecule has 0 bridgehead atoms. The molecule has 2 aromatic rings. The largest absolute Gasteiger partial charge is 0.343 e. The minimum Gasteiger partial charge on any atom is -0.343 e. The van der Waals surface area contributed by atoms with Gasteiger partial charge in [-0.25, -0.2) is 9.82 Å². The third kappa shape index (κ3) is 4.78. The van der Waals surface area contributed by atoms with Gasteiger partial charge in [0.1, 0.15) is 5.82 Å². The highest BCUT2D eigenvalue weighted by atomic mass is 35.5. The highest BCUT2D eigenvalue weighted by Crippen LogP contribution is 2.21. The minimum absolute atomic E-state index is 0.142. The Labute approximate surface area is 147 Å². The molecule has 2 amide bonds. The zero-order valence-electron chi connectivity index (χ0n) is 12.2. The Bertz CT molecular complexity index is 776. The number of carbonyl (C=O) groups is 2. The summed E-state index contributed by atoms with van der Waals surface area (Å²) in [5, 5.41) is 6.77. The predicted molar refractivity (Wildman–Crippen MR) is 90.9 cm³/mol. The fourth-order valence-electron chi connectivity index (χ4n) is 1.74. The number of hydrogen-bond acceptors (Lipinski definition) is 3. The number of hydrazone groups is 1. The third-order valence-corrected chi connectivity index (χ3v) is 3.57. The summed E-state index contributed by atoms with van der Waals surface area (Å²) in [6, 6.07) is 10.4. The van der Waals surface area contributed by atoms with Crippen LogP contribution in [0.15, 0.2) is 47.6 Å². The van der Waals surface area contributed by atoms with Crippen molar-refractivity contribution in [1.82, 2.24) is 10.7 Å². The molecule has 0 unspecified atom stereocenters. The SMILES string of the molecule is O=C(CNC(=O)c1ccccc1F)N/N=C/c1c(Cl)cccc1Cl.